The van der Waals surface area contributed by atoms with Crippen molar-refractivity contribution < 1.29 is 9.53 Å². The van der Waals surface area contributed by atoms with Gasteiger partial charge in [0.1, 0.15) is 5.75 Å². The average molecular weight is 313 g/mol. The van der Waals surface area contributed by atoms with Gasteiger partial charge in [0.15, 0.2) is 0 Å². The van der Waals surface area contributed by atoms with Gasteiger partial charge < -0.3 is 15.8 Å². The maximum absolute atomic E-state index is 11.8. The van der Waals surface area contributed by atoms with Crippen molar-refractivity contribution in [2.45, 2.75) is 39.2 Å². The Hall–Kier alpha value is -1.26. The molecule has 1 atom stereocenters. The Morgan fingerprint density at radius 2 is 2.14 bits per heavy atom. The van der Waals surface area contributed by atoms with Crippen molar-refractivity contribution in [1.82, 2.24) is 5.32 Å². The van der Waals surface area contributed by atoms with Crippen LogP contribution in [0.15, 0.2) is 18.2 Å². The third-order valence-electron chi connectivity index (χ3n) is 3.72. The molecule has 1 amide bonds. The predicted molar refractivity (Wildman–Crippen MR) is 87.0 cm³/mol. The third-order valence-corrected chi connectivity index (χ3v) is 3.72. The van der Waals surface area contributed by atoms with E-state index in [-0.39, 0.29) is 24.4 Å². The minimum absolute atomic E-state index is 0. The van der Waals surface area contributed by atoms with Crippen molar-refractivity contribution in [3.05, 3.63) is 29.3 Å². The molecule has 1 aromatic rings. The van der Waals surface area contributed by atoms with E-state index in [2.05, 4.69) is 11.4 Å². The molecule has 1 saturated carbocycles. The van der Waals surface area contributed by atoms with E-state index in [4.69, 9.17) is 10.5 Å². The highest BCUT2D eigenvalue weighted by atomic mass is 35.5. The van der Waals surface area contributed by atoms with E-state index in [1.54, 1.807) is 0 Å². The smallest absolute Gasteiger partial charge is 0.223 e. The first-order valence-corrected chi connectivity index (χ1v) is 7.29. The average Bonchev–Trinajstić information content (AvgIpc) is 3.24. The summed E-state index contributed by atoms with van der Waals surface area (Å²) in [6, 6.07) is 6.22. The van der Waals surface area contributed by atoms with Crippen LogP contribution in [0, 0.1) is 19.8 Å². The number of hydrogen-bond acceptors (Lipinski definition) is 3. The van der Waals surface area contributed by atoms with Crippen molar-refractivity contribution >= 4 is 18.3 Å². The number of hydrogen-bond donors (Lipinski definition) is 2. The Labute approximate surface area is 132 Å². The molecule has 1 fully saturated rings. The Morgan fingerprint density at radius 1 is 1.43 bits per heavy atom. The fraction of sp³-hybridized carbons (Fsp3) is 0.562. The Morgan fingerprint density at radius 3 is 2.76 bits per heavy atom. The number of benzene rings is 1. The van der Waals surface area contributed by atoms with Gasteiger partial charge in [-0.25, -0.2) is 0 Å². The topological polar surface area (TPSA) is 64.3 Å². The number of nitrogens with one attached hydrogen (secondary N) is 1. The molecule has 4 nitrogen and oxygen atoms in total. The van der Waals surface area contributed by atoms with Gasteiger partial charge >= 0.3 is 0 Å². The van der Waals surface area contributed by atoms with Gasteiger partial charge in [0.05, 0.1) is 13.0 Å². The molecule has 0 aliphatic heterocycles. The quantitative estimate of drug-likeness (QED) is 0.812. The van der Waals surface area contributed by atoms with Crippen molar-refractivity contribution in [2.75, 3.05) is 13.2 Å². The number of nitrogens with two attached hydrogens (primary N) is 1. The molecule has 1 aliphatic rings. The molecule has 0 bridgehead atoms. The molecule has 21 heavy (non-hydrogen) atoms. The first-order chi connectivity index (χ1) is 9.60. The molecular weight excluding hydrogens is 288 g/mol. The predicted octanol–water partition coefficient (Wildman–Crippen LogP) is 2.35. The van der Waals surface area contributed by atoms with Crippen LogP contribution in [0.4, 0.5) is 0 Å². The number of carbonyl (C=O) groups is 1. The highest BCUT2D eigenvalue weighted by Gasteiger charge is 2.31. The number of amides is 1. The summed E-state index contributed by atoms with van der Waals surface area (Å²) >= 11 is 0. The number of rotatable bonds is 7. The fourth-order valence-electron chi connectivity index (χ4n) is 2.26. The minimum Gasteiger partial charge on any atom is -0.493 e. The van der Waals surface area contributed by atoms with Crippen molar-refractivity contribution in [3.8, 4) is 5.75 Å². The van der Waals surface area contributed by atoms with Crippen LogP contribution in [0.25, 0.3) is 0 Å². The van der Waals surface area contributed by atoms with Crippen LogP contribution in [-0.4, -0.2) is 25.1 Å². The summed E-state index contributed by atoms with van der Waals surface area (Å²) in [7, 11) is 0. The lowest BCUT2D eigenvalue weighted by atomic mass is 10.1. The molecule has 2 rings (SSSR count). The first kappa shape index (κ1) is 17.8. The SMILES string of the molecule is Cc1ccc(C)c(OCCC(=O)NC(CN)C2CC2)c1.Cl. The summed E-state index contributed by atoms with van der Waals surface area (Å²) < 4.78 is 5.69. The second-order valence-electron chi connectivity index (χ2n) is 5.61. The zero-order valence-electron chi connectivity index (χ0n) is 12.7. The summed E-state index contributed by atoms with van der Waals surface area (Å²) in [5.74, 6) is 1.47. The molecular formula is C16H25ClN2O2. The van der Waals surface area contributed by atoms with Gasteiger partial charge in [-0.15, -0.1) is 12.4 Å². The van der Waals surface area contributed by atoms with Crippen molar-refractivity contribution in [1.29, 1.82) is 0 Å². The van der Waals surface area contributed by atoms with Crippen LogP contribution in [0.1, 0.15) is 30.4 Å². The molecule has 1 aliphatic carbocycles. The lowest BCUT2D eigenvalue weighted by molar-refractivity contribution is -0.122. The third kappa shape index (κ3) is 5.56. The van der Waals surface area contributed by atoms with E-state index in [9.17, 15) is 4.79 Å². The zero-order valence-corrected chi connectivity index (χ0v) is 13.5. The Kier molecular flexibility index (Phi) is 6.99. The second-order valence-corrected chi connectivity index (χ2v) is 5.61. The maximum atomic E-state index is 11.8. The van der Waals surface area contributed by atoms with Crippen molar-refractivity contribution in [3.63, 3.8) is 0 Å². The van der Waals surface area contributed by atoms with Crippen molar-refractivity contribution in [2.24, 2.45) is 11.7 Å². The van der Waals surface area contributed by atoms with Gasteiger partial charge in [-0.1, -0.05) is 12.1 Å². The summed E-state index contributed by atoms with van der Waals surface area (Å²) in [5, 5.41) is 3.00. The minimum atomic E-state index is 0. The van der Waals surface area contributed by atoms with Gasteiger partial charge in [-0.3, -0.25) is 4.79 Å². The highest BCUT2D eigenvalue weighted by Crippen LogP contribution is 2.32. The monoisotopic (exact) mass is 312 g/mol. The molecule has 0 radical (unpaired) electrons. The standard InChI is InChI=1S/C16H24N2O2.ClH/c1-11-3-4-12(2)15(9-11)20-8-7-16(19)18-14(10-17)13-5-6-13;/h3-4,9,13-14H,5-8,10,17H2,1-2H3,(H,18,19);1H. The van der Waals surface area contributed by atoms with E-state index in [1.807, 2.05) is 26.0 Å². The van der Waals surface area contributed by atoms with Gasteiger partial charge in [0, 0.05) is 12.6 Å². The van der Waals surface area contributed by atoms with Crippen LogP contribution < -0.4 is 15.8 Å². The Balaban J connectivity index is 0.00000220. The lowest BCUT2D eigenvalue weighted by Gasteiger charge is -2.16. The zero-order chi connectivity index (χ0) is 14.5. The number of aryl methyl sites for hydroxylation is 2. The maximum Gasteiger partial charge on any atom is 0.223 e. The largest absolute Gasteiger partial charge is 0.493 e. The Bertz CT molecular complexity index is 475. The molecule has 1 aromatic carbocycles. The van der Waals surface area contributed by atoms with Gasteiger partial charge in [0.2, 0.25) is 5.91 Å². The van der Waals surface area contributed by atoms with Gasteiger partial charge in [-0.05, 0) is 49.8 Å². The van der Waals surface area contributed by atoms with Gasteiger partial charge in [0.25, 0.3) is 0 Å². The van der Waals surface area contributed by atoms with Crippen LogP contribution in [0.3, 0.4) is 0 Å². The van der Waals surface area contributed by atoms with Crippen LogP contribution >= 0.6 is 12.4 Å². The fourth-order valence-corrected chi connectivity index (χ4v) is 2.26. The lowest BCUT2D eigenvalue weighted by Crippen LogP contribution is -2.42. The summed E-state index contributed by atoms with van der Waals surface area (Å²) in [6.45, 7) is 4.96. The van der Waals surface area contributed by atoms with E-state index in [0.717, 1.165) is 16.9 Å². The summed E-state index contributed by atoms with van der Waals surface area (Å²) in [6.07, 6.45) is 2.73. The van der Waals surface area contributed by atoms with E-state index in [1.165, 1.54) is 12.8 Å². The first-order valence-electron chi connectivity index (χ1n) is 7.29. The molecule has 0 spiro atoms. The number of ether oxygens (including phenoxy) is 1. The number of halogens is 1. The van der Waals surface area contributed by atoms with E-state index < -0.39 is 0 Å². The number of carbonyl (C=O) groups excluding carboxylic acids is 1. The molecule has 0 saturated heterocycles. The summed E-state index contributed by atoms with van der Waals surface area (Å²) in [5.41, 5.74) is 7.92. The van der Waals surface area contributed by atoms with Gasteiger partial charge in [-0.2, -0.15) is 0 Å². The van der Waals surface area contributed by atoms with E-state index >= 15 is 0 Å². The second kappa shape index (κ2) is 8.25. The molecule has 118 valence electrons. The molecule has 3 N–H and O–H groups in total. The molecule has 0 heterocycles. The summed E-state index contributed by atoms with van der Waals surface area (Å²) in [4.78, 5) is 11.8. The molecule has 0 aromatic heterocycles. The van der Waals surface area contributed by atoms with Crippen LogP contribution in [-0.2, 0) is 4.79 Å². The van der Waals surface area contributed by atoms with E-state index in [0.29, 0.717) is 25.5 Å². The molecule has 1 unspecified atom stereocenters. The molecule has 5 heteroatoms. The van der Waals surface area contributed by atoms with Crippen LogP contribution in [0.5, 0.6) is 5.75 Å². The highest BCUT2D eigenvalue weighted by molar-refractivity contribution is 5.85. The normalized spacial score (nSPS) is 15.0. The van der Waals surface area contributed by atoms with Crippen LogP contribution in [0.2, 0.25) is 0 Å².